The van der Waals surface area contributed by atoms with Crippen molar-refractivity contribution in [3.63, 3.8) is 0 Å². The van der Waals surface area contributed by atoms with Gasteiger partial charge in [0.1, 0.15) is 11.2 Å². The highest BCUT2D eigenvalue weighted by Crippen LogP contribution is 2.48. The van der Waals surface area contributed by atoms with Gasteiger partial charge in [0.2, 0.25) is 0 Å². The topological polar surface area (TPSA) is 21.3 Å². The largest absolute Gasteiger partial charge is 0.455 e. The molecule has 0 aliphatic carbocycles. The monoisotopic (exact) mass is 792 g/mol. The van der Waals surface area contributed by atoms with Gasteiger partial charge in [-0.05, 0) is 106 Å². The Labute approximate surface area is 360 Å². The summed E-state index contributed by atoms with van der Waals surface area (Å²) in [7, 11) is 0. The number of furan rings is 1. The van der Waals surface area contributed by atoms with Crippen molar-refractivity contribution in [1.82, 2.24) is 4.57 Å². The minimum Gasteiger partial charge on any atom is -0.455 e. The van der Waals surface area contributed by atoms with Gasteiger partial charge in [-0.25, -0.2) is 0 Å². The molecule has 10 aromatic carbocycles. The molecule has 12 aromatic rings. The van der Waals surface area contributed by atoms with Crippen LogP contribution in [0.5, 0.6) is 0 Å². The van der Waals surface area contributed by atoms with E-state index in [1.807, 2.05) is 0 Å². The second-order valence-electron chi connectivity index (χ2n) is 16.1. The molecule has 0 aliphatic heterocycles. The number of aryl methyl sites for hydroxylation is 1. The lowest BCUT2D eigenvalue weighted by atomic mass is 9.96. The molecule has 0 fully saturated rings. The number of anilines is 3. The average Bonchev–Trinajstić information content (AvgIpc) is 3.89. The van der Waals surface area contributed by atoms with Crippen molar-refractivity contribution in [2.45, 2.75) is 6.92 Å². The second kappa shape index (κ2) is 14.5. The van der Waals surface area contributed by atoms with Crippen molar-refractivity contribution in [2.75, 3.05) is 4.90 Å². The van der Waals surface area contributed by atoms with Crippen molar-refractivity contribution in [1.29, 1.82) is 0 Å². The van der Waals surface area contributed by atoms with Gasteiger partial charge >= 0.3 is 0 Å². The van der Waals surface area contributed by atoms with Crippen molar-refractivity contribution in [3.8, 4) is 39.1 Å². The minimum atomic E-state index is 0.854. The number of para-hydroxylation sites is 4. The Morgan fingerprint density at radius 2 is 1.00 bits per heavy atom. The Hall–Kier alpha value is -8.14. The smallest absolute Gasteiger partial charge is 0.145 e. The maximum absolute atomic E-state index is 7.04. The molecule has 2 heterocycles. The van der Waals surface area contributed by atoms with E-state index in [0.29, 0.717) is 0 Å². The maximum atomic E-state index is 7.04. The van der Waals surface area contributed by atoms with Gasteiger partial charge in [0.05, 0.1) is 27.8 Å². The molecule has 62 heavy (non-hydrogen) atoms. The zero-order valence-corrected chi connectivity index (χ0v) is 34.2. The summed E-state index contributed by atoms with van der Waals surface area (Å²) in [4.78, 5) is 2.42. The van der Waals surface area contributed by atoms with Crippen LogP contribution in [0.2, 0.25) is 0 Å². The van der Waals surface area contributed by atoms with E-state index < -0.39 is 0 Å². The van der Waals surface area contributed by atoms with Crippen LogP contribution >= 0.6 is 0 Å². The van der Waals surface area contributed by atoms with Crippen LogP contribution in [-0.2, 0) is 0 Å². The van der Waals surface area contributed by atoms with Gasteiger partial charge in [0.15, 0.2) is 0 Å². The Bertz CT molecular complexity index is 3590. The number of nitrogens with zero attached hydrogens (tertiary/aromatic N) is 2. The SMILES string of the molecule is Cc1cc(-c2ccccc2)ccc1N(c1ccc(-c2cccc3ccccc23)cc1)c1ccc(-c2ccccc2-n2c3ccccc3c3ccccc32)c2oc3ccccc3c12. The van der Waals surface area contributed by atoms with E-state index in [1.165, 1.54) is 60.4 Å². The Balaban J connectivity index is 1.09. The summed E-state index contributed by atoms with van der Waals surface area (Å²) < 4.78 is 9.44. The van der Waals surface area contributed by atoms with Crippen molar-refractivity contribution in [3.05, 3.63) is 230 Å². The average molecular weight is 793 g/mol. The summed E-state index contributed by atoms with van der Waals surface area (Å²) in [5.74, 6) is 0. The molecule has 0 saturated carbocycles. The van der Waals surface area contributed by atoms with E-state index in [4.69, 9.17) is 4.42 Å². The van der Waals surface area contributed by atoms with Gasteiger partial charge in [-0.2, -0.15) is 0 Å². The van der Waals surface area contributed by atoms with Gasteiger partial charge in [-0.15, -0.1) is 0 Å². The van der Waals surface area contributed by atoms with Gasteiger partial charge in [-0.3, -0.25) is 0 Å². The molecule has 3 heteroatoms. The highest BCUT2D eigenvalue weighted by molar-refractivity contribution is 6.18. The molecule has 0 amide bonds. The van der Waals surface area contributed by atoms with Gasteiger partial charge in [0.25, 0.3) is 0 Å². The number of aromatic nitrogens is 1. The normalized spacial score (nSPS) is 11.6. The molecule has 0 spiro atoms. The Kier molecular flexibility index (Phi) is 8.39. The highest BCUT2D eigenvalue weighted by Gasteiger charge is 2.25. The second-order valence-corrected chi connectivity index (χ2v) is 16.1. The molecule has 12 rings (SSSR count). The lowest BCUT2D eigenvalue weighted by Gasteiger charge is -2.29. The zero-order chi connectivity index (χ0) is 41.1. The van der Waals surface area contributed by atoms with E-state index in [9.17, 15) is 0 Å². The van der Waals surface area contributed by atoms with Crippen molar-refractivity contribution >= 4 is 71.6 Å². The summed E-state index contributed by atoms with van der Waals surface area (Å²) in [5, 5.41) is 7.09. The number of fused-ring (bicyclic) bond motifs is 7. The van der Waals surface area contributed by atoms with Crippen LogP contribution in [0.1, 0.15) is 5.56 Å². The van der Waals surface area contributed by atoms with Crippen LogP contribution in [0.3, 0.4) is 0 Å². The molecule has 0 N–H and O–H groups in total. The molecule has 0 unspecified atom stereocenters. The lowest BCUT2D eigenvalue weighted by molar-refractivity contribution is 0.670. The number of rotatable bonds is 7. The predicted octanol–water partition coefficient (Wildman–Crippen LogP) is 16.6. The highest BCUT2D eigenvalue weighted by atomic mass is 16.3. The molecule has 0 saturated heterocycles. The molecule has 0 aliphatic rings. The lowest BCUT2D eigenvalue weighted by Crippen LogP contribution is -2.12. The zero-order valence-electron chi connectivity index (χ0n) is 34.2. The molecule has 0 bridgehead atoms. The third-order valence-electron chi connectivity index (χ3n) is 12.5. The Morgan fingerprint density at radius 3 is 1.77 bits per heavy atom. The minimum absolute atomic E-state index is 0.854. The van der Waals surface area contributed by atoms with E-state index in [-0.39, 0.29) is 0 Å². The predicted molar refractivity (Wildman–Crippen MR) is 261 cm³/mol. The first-order chi connectivity index (χ1) is 30.7. The summed E-state index contributed by atoms with van der Waals surface area (Å²) in [6.45, 7) is 2.22. The molecule has 0 atom stereocenters. The fourth-order valence-corrected chi connectivity index (χ4v) is 9.68. The van der Waals surface area contributed by atoms with E-state index in [2.05, 4.69) is 241 Å². The van der Waals surface area contributed by atoms with E-state index in [0.717, 1.165) is 55.8 Å². The Morgan fingerprint density at radius 1 is 0.403 bits per heavy atom. The molecule has 2 aromatic heterocycles. The quantitative estimate of drug-likeness (QED) is 0.160. The summed E-state index contributed by atoms with van der Waals surface area (Å²) in [6.07, 6.45) is 0. The van der Waals surface area contributed by atoms with Crippen LogP contribution in [0.25, 0.3) is 93.6 Å². The summed E-state index contributed by atoms with van der Waals surface area (Å²) in [5.41, 5.74) is 16.5. The van der Waals surface area contributed by atoms with Gasteiger partial charge in [0, 0.05) is 38.7 Å². The standard InChI is InChI=1S/C59H40N2O/c1-39-38-43(40-16-3-2-4-17-40)32-36-52(39)60(44-33-30-42(31-34-44)46-25-15-19-41-18-5-6-20-45(41)46)56-37-35-50(59-58(56)51-24-10-14-29-57(51)62-59)49-23-9-13-28-55(49)61-53-26-11-7-21-47(53)48-22-8-12-27-54(48)61/h2-38H,1H3. The third kappa shape index (κ3) is 5.74. The number of hydrogen-bond acceptors (Lipinski definition) is 2. The van der Waals surface area contributed by atoms with Crippen LogP contribution in [0.4, 0.5) is 17.1 Å². The van der Waals surface area contributed by atoms with Crippen LogP contribution in [0.15, 0.2) is 229 Å². The fourth-order valence-electron chi connectivity index (χ4n) is 9.68. The third-order valence-corrected chi connectivity index (χ3v) is 12.5. The maximum Gasteiger partial charge on any atom is 0.145 e. The fraction of sp³-hybridized carbons (Fsp3) is 0.0169. The summed E-state index contributed by atoms with van der Waals surface area (Å²) in [6, 6.07) is 80.8. The first-order valence-electron chi connectivity index (χ1n) is 21.3. The van der Waals surface area contributed by atoms with Crippen molar-refractivity contribution in [2.24, 2.45) is 0 Å². The first kappa shape index (κ1) is 35.8. The molecule has 3 nitrogen and oxygen atoms in total. The van der Waals surface area contributed by atoms with Gasteiger partial charge < -0.3 is 13.9 Å². The molecule has 292 valence electrons. The van der Waals surface area contributed by atoms with Crippen molar-refractivity contribution < 1.29 is 4.42 Å². The molecule has 0 radical (unpaired) electrons. The number of benzene rings is 10. The van der Waals surface area contributed by atoms with Crippen LogP contribution < -0.4 is 4.90 Å². The van der Waals surface area contributed by atoms with E-state index in [1.54, 1.807) is 0 Å². The van der Waals surface area contributed by atoms with E-state index >= 15 is 0 Å². The first-order valence-corrected chi connectivity index (χ1v) is 21.3. The summed E-state index contributed by atoms with van der Waals surface area (Å²) >= 11 is 0. The molecular weight excluding hydrogens is 753 g/mol. The van der Waals surface area contributed by atoms with Gasteiger partial charge in [-0.1, -0.05) is 164 Å². The molecular formula is C59H40N2O. The van der Waals surface area contributed by atoms with Crippen LogP contribution in [-0.4, -0.2) is 4.57 Å². The number of hydrogen-bond donors (Lipinski definition) is 0. The van der Waals surface area contributed by atoms with Crippen LogP contribution in [0, 0.1) is 6.92 Å².